The summed E-state index contributed by atoms with van der Waals surface area (Å²) in [4.78, 5) is 4.55. The number of piperazine rings is 1. The molecule has 1 aromatic carbocycles. The number of rotatable bonds is 3. The minimum Gasteiger partial charge on any atom is -0.486 e. The summed E-state index contributed by atoms with van der Waals surface area (Å²) in [6.07, 6.45) is 3.50. The number of imidazole rings is 1. The van der Waals surface area contributed by atoms with Gasteiger partial charge in [-0.25, -0.2) is 13.4 Å². The number of ether oxygens (including phenoxy) is 2. The van der Waals surface area contributed by atoms with Gasteiger partial charge in [-0.2, -0.15) is 4.31 Å². The summed E-state index contributed by atoms with van der Waals surface area (Å²) in [5.74, 6) is 1.76. The van der Waals surface area contributed by atoms with Crippen LogP contribution in [0, 0.1) is 0 Å². The average Bonchev–Trinajstić information content (AvgIpc) is 3.07. The van der Waals surface area contributed by atoms with Crippen molar-refractivity contribution < 1.29 is 17.9 Å². The van der Waals surface area contributed by atoms with Gasteiger partial charge in [-0.3, -0.25) is 0 Å². The molecule has 0 radical (unpaired) electrons. The van der Waals surface area contributed by atoms with E-state index in [-0.39, 0.29) is 10.9 Å². The van der Waals surface area contributed by atoms with Gasteiger partial charge in [0.05, 0.1) is 10.9 Å². The Morgan fingerprint density at radius 3 is 2.80 bits per heavy atom. The zero-order valence-corrected chi connectivity index (χ0v) is 14.7. The van der Waals surface area contributed by atoms with Crippen molar-refractivity contribution in [2.45, 2.75) is 10.9 Å². The highest BCUT2D eigenvalue weighted by atomic mass is 32.2. The van der Waals surface area contributed by atoms with Crippen LogP contribution >= 0.6 is 0 Å². The predicted octanol–water partition coefficient (Wildman–Crippen LogP) is 0.527. The van der Waals surface area contributed by atoms with E-state index < -0.39 is 10.0 Å². The fourth-order valence-corrected chi connectivity index (χ4v) is 4.81. The van der Waals surface area contributed by atoms with Crippen molar-refractivity contribution in [1.82, 2.24) is 19.2 Å². The molecule has 1 atom stereocenters. The van der Waals surface area contributed by atoms with E-state index in [9.17, 15) is 8.42 Å². The van der Waals surface area contributed by atoms with Crippen LogP contribution in [0.25, 0.3) is 0 Å². The van der Waals surface area contributed by atoms with Crippen molar-refractivity contribution in [2.75, 3.05) is 32.8 Å². The second kappa shape index (κ2) is 6.32. The van der Waals surface area contributed by atoms with Crippen LogP contribution in [0.2, 0.25) is 0 Å². The highest BCUT2D eigenvalue weighted by Gasteiger charge is 2.36. The molecular weight excluding hydrogens is 344 g/mol. The monoisotopic (exact) mass is 364 g/mol. The third-order valence-corrected chi connectivity index (χ3v) is 6.38. The van der Waals surface area contributed by atoms with Crippen LogP contribution in [0.15, 0.2) is 35.5 Å². The van der Waals surface area contributed by atoms with Crippen LogP contribution in [0.5, 0.6) is 11.5 Å². The van der Waals surface area contributed by atoms with Gasteiger partial charge in [0.25, 0.3) is 0 Å². The largest absolute Gasteiger partial charge is 0.486 e. The molecular formula is C16H20N4O4S. The zero-order chi connectivity index (χ0) is 17.4. The molecule has 3 heterocycles. The molecule has 0 aliphatic carbocycles. The molecule has 1 fully saturated rings. The van der Waals surface area contributed by atoms with Gasteiger partial charge >= 0.3 is 0 Å². The van der Waals surface area contributed by atoms with Gasteiger partial charge < -0.3 is 19.4 Å². The van der Waals surface area contributed by atoms with E-state index >= 15 is 0 Å². The van der Waals surface area contributed by atoms with E-state index in [1.807, 2.05) is 17.8 Å². The molecule has 1 N–H and O–H groups in total. The van der Waals surface area contributed by atoms with E-state index in [0.717, 1.165) is 0 Å². The van der Waals surface area contributed by atoms with Crippen LogP contribution in [0.4, 0.5) is 0 Å². The Bertz CT molecular complexity index is 880. The highest BCUT2D eigenvalue weighted by Crippen LogP contribution is 2.35. The molecule has 0 saturated carbocycles. The topological polar surface area (TPSA) is 85.7 Å². The first-order valence-electron chi connectivity index (χ1n) is 8.17. The lowest BCUT2D eigenvalue weighted by atomic mass is 10.2. The molecule has 0 spiro atoms. The van der Waals surface area contributed by atoms with Gasteiger partial charge in [0.15, 0.2) is 11.5 Å². The smallest absolute Gasteiger partial charge is 0.243 e. The van der Waals surface area contributed by atoms with E-state index in [2.05, 4.69) is 10.3 Å². The first-order chi connectivity index (χ1) is 12.1. The lowest BCUT2D eigenvalue weighted by molar-refractivity contribution is 0.171. The molecule has 25 heavy (non-hydrogen) atoms. The Balaban J connectivity index is 1.71. The molecule has 134 valence electrons. The van der Waals surface area contributed by atoms with Crippen LogP contribution in [0.1, 0.15) is 11.9 Å². The Labute approximate surface area is 146 Å². The summed E-state index contributed by atoms with van der Waals surface area (Å²) in [6.45, 7) is 2.39. The van der Waals surface area contributed by atoms with Crippen molar-refractivity contribution >= 4 is 10.0 Å². The van der Waals surface area contributed by atoms with E-state index in [0.29, 0.717) is 50.2 Å². The summed E-state index contributed by atoms with van der Waals surface area (Å²) in [7, 11) is -1.82. The molecule has 1 unspecified atom stereocenters. The number of fused-ring (bicyclic) bond motifs is 1. The Kier molecular flexibility index (Phi) is 4.14. The maximum atomic E-state index is 13.3. The second-order valence-electron chi connectivity index (χ2n) is 6.04. The van der Waals surface area contributed by atoms with Crippen molar-refractivity contribution in [3.8, 4) is 11.5 Å². The summed E-state index contributed by atoms with van der Waals surface area (Å²) >= 11 is 0. The third-order valence-electron chi connectivity index (χ3n) is 4.47. The first-order valence-corrected chi connectivity index (χ1v) is 9.61. The molecule has 0 amide bonds. The zero-order valence-electron chi connectivity index (χ0n) is 13.9. The number of benzene rings is 1. The number of sulfonamides is 1. The highest BCUT2D eigenvalue weighted by molar-refractivity contribution is 7.89. The Morgan fingerprint density at radius 1 is 1.24 bits per heavy atom. The lowest BCUT2D eigenvalue weighted by Crippen LogP contribution is -2.49. The number of aryl methyl sites for hydroxylation is 1. The van der Waals surface area contributed by atoms with Crippen LogP contribution in [-0.2, 0) is 17.1 Å². The molecule has 9 heteroatoms. The predicted molar refractivity (Wildman–Crippen MR) is 90.1 cm³/mol. The third kappa shape index (κ3) is 2.88. The number of hydrogen-bond donors (Lipinski definition) is 1. The molecule has 2 aliphatic heterocycles. The minimum atomic E-state index is -3.68. The SMILES string of the molecule is Cn1ccnc1C1CNCCN1S(=O)(=O)c1ccc2c(c1)OCCO2. The van der Waals surface area contributed by atoms with Crippen LogP contribution < -0.4 is 14.8 Å². The summed E-state index contributed by atoms with van der Waals surface area (Å²) in [6, 6.07) is 4.41. The fraction of sp³-hybridized carbons (Fsp3) is 0.438. The van der Waals surface area contributed by atoms with Gasteiger partial charge in [0.2, 0.25) is 10.0 Å². The molecule has 4 rings (SSSR count). The molecule has 1 saturated heterocycles. The Hall–Kier alpha value is -2.10. The van der Waals surface area contributed by atoms with Crippen LogP contribution in [0.3, 0.4) is 0 Å². The maximum Gasteiger partial charge on any atom is 0.243 e. The molecule has 0 bridgehead atoms. The normalized spacial score (nSPS) is 21.2. The summed E-state index contributed by atoms with van der Waals surface area (Å²) < 4.78 is 40.9. The van der Waals surface area contributed by atoms with Gasteiger partial charge in [-0.05, 0) is 12.1 Å². The fourth-order valence-electron chi connectivity index (χ4n) is 3.21. The van der Waals surface area contributed by atoms with Gasteiger partial charge in [-0.15, -0.1) is 0 Å². The standard InChI is InChI=1S/C16H20N4O4S/c1-19-6-5-18-16(19)13-11-17-4-7-20(13)25(21,22)12-2-3-14-15(10-12)24-9-8-23-14/h2-3,5-6,10,13,17H,4,7-9,11H2,1H3. The van der Waals surface area contributed by atoms with Gasteiger partial charge in [0.1, 0.15) is 19.0 Å². The Morgan fingerprint density at radius 2 is 2.04 bits per heavy atom. The van der Waals surface area contributed by atoms with E-state index in [1.54, 1.807) is 24.4 Å². The van der Waals surface area contributed by atoms with Crippen molar-refractivity contribution in [1.29, 1.82) is 0 Å². The number of aromatic nitrogens is 2. The van der Waals surface area contributed by atoms with Gasteiger partial charge in [0, 0.05) is 45.1 Å². The molecule has 1 aromatic heterocycles. The van der Waals surface area contributed by atoms with E-state index in [1.165, 1.54) is 4.31 Å². The first kappa shape index (κ1) is 16.4. The number of hydrogen-bond acceptors (Lipinski definition) is 6. The number of nitrogens with zero attached hydrogens (tertiary/aromatic N) is 3. The van der Waals surface area contributed by atoms with Gasteiger partial charge in [-0.1, -0.05) is 0 Å². The van der Waals surface area contributed by atoms with Crippen molar-refractivity contribution in [3.63, 3.8) is 0 Å². The van der Waals surface area contributed by atoms with Crippen LogP contribution in [-0.4, -0.2) is 55.1 Å². The van der Waals surface area contributed by atoms with Crippen molar-refractivity contribution in [3.05, 3.63) is 36.4 Å². The quantitative estimate of drug-likeness (QED) is 0.855. The maximum absolute atomic E-state index is 13.3. The average molecular weight is 364 g/mol. The minimum absolute atomic E-state index is 0.206. The summed E-state index contributed by atoms with van der Waals surface area (Å²) in [5, 5.41) is 3.25. The summed E-state index contributed by atoms with van der Waals surface area (Å²) in [5.41, 5.74) is 0. The second-order valence-corrected chi connectivity index (χ2v) is 7.93. The van der Waals surface area contributed by atoms with Crippen molar-refractivity contribution in [2.24, 2.45) is 7.05 Å². The molecule has 2 aromatic rings. The lowest BCUT2D eigenvalue weighted by Gasteiger charge is -2.34. The van der Waals surface area contributed by atoms with E-state index in [4.69, 9.17) is 9.47 Å². The number of nitrogens with one attached hydrogen (secondary N) is 1. The molecule has 2 aliphatic rings. The molecule has 8 nitrogen and oxygen atoms in total.